The summed E-state index contributed by atoms with van der Waals surface area (Å²) < 4.78 is 6.68. The van der Waals surface area contributed by atoms with Crippen LogP contribution in [0.1, 0.15) is 32.0 Å². The van der Waals surface area contributed by atoms with Crippen LogP contribution in [-0.2, 0) is 17.8 Å². The van der Waals surface area contributed by atoms with Gasteiger partial charge in [0, 0.05) is 23.6 Å². The molecule has 2 aromatic heterocycles. The molecular weight excluding hydrogens is 356 g/mol. The molecule has 0 saturated heterocycles. The van der Waals surface area contributed by atoms with Crippen molar-refractivity contribution in [3.63, 3.8) is 0 Å². The molecule has 1 aliphatic heterocycles. The third kappa shape index (κ3) is 3.06. The standard InChI is InChI=1S/C21H24N4O3/c1-21(2,3)20(27)24-10-9-15-17(12-24)22-18-11-16(23-25(18)19(15)26)13-5-7-14(28-4)8-6-13/h5-8,11,23H,9-10,12H2,1-4H3. The van der Waals surface area contributed by atoms with Gasteiger partial charge in [-0.2, -0.15) is 0 Å². The number of ether oxygens (including phenoxy) is 1. The molecule has 7 nitrogen and oxygen atoms in total. The number of nitrogens with zero attached hydrogens (tertiary/aromatic N) is 3. The number of methoxy groups -OCH3 is 1. The summed E-state index contributed by atoms with van der Waals surface area (Å²) in [5.74, 6) is 0.849. The predicted molar refractivity (Wildman–Crippen MR) is 106 cm³/mol. The van der Waals surface area contributed by atoms with Crippen LogP contribution in [0.4, 0.5) is 0 Å². The first kappa shape index (κ1) is 18.3. The maximum Gasteiger partial charge on any atom is 0.276 e. The summed E-state index contributed by atoms with van der Waals surface area (Å²) in [6, 6.07) is 9.46. The lowest BCUT2D eigenvalue weighted by atomic mass is 9.93. The summed E-state index contributed by atoms with van der Waals surface area (Å²) >= 11 is 0. The Bertz CT molecular complexity index is 1100. The summed E-state index contributed by atoms with van der Waals surface area (Å²) in [5, 5.41) is 3.15. The lowest BCUT2D eigenvalue weighted by Crippen LogP contribution is -2.44. The van der Waals surface area contributed by atoms with Crippen molar-refractivity contribution in [1.29, 1.82) is 0 Å². The monoisotopic (exact) mass is 380 g/mol. The van der Waals surface area contributed by atoms with Crippen LogP contribution >= 0.6 is 0 Å². The summed E-state index contributed by atoms with van der Waals surface area (Å²) in [7, 11) is 1.62. The second-order valence-electron chi connectivity index (χ2n) is 8.16. The van der Waals surface area contributed by atoms with Crippen molar-refractivity contribution in [3.05, 3.63) is 51.9 Å². The van der Waals surface area contributed by atoms with Gasteiger partial charge in [0.15, 0.2) is 5.65 Å². The van der Waals surface area contributed by atoms with Gasteiger partial charge >= 0.3 is 0 Å². The molecule has 0 saturated carbocycles. The smallest absolute Gasteiger partial charge is 0.276 e. The van der Waals surface area contributed by atoms with Gasteiger partial charge in [0.1, 0.15) is 5.75 Å². The first-order valence-electron chi connectivity index (χ1n) is 9.35. The van der Waals surface area contributed by atoms with E-state index in [1.54, 1.807) is 12.0 Å². The number of carbonyl (C=O) groups excluding carboxylic acids is 1. The van der Waals surface area contributed by atoms with Crippen molar-refractivity contribution in [2.45, 2.75) is 33.7 Å². The minimum Gasteiger partial charge on any atom is -0.497 e. The van der Waals surface area contributed by atoms with Crippen molar-refractivity contribution in [2.24, 2.45) is 5.41 Å². The number of rotatable bonds is 2. The Morgan fingerprint density at radius 2 is 1.93 bits per heavy atom. The Hall–Kier alpha value is -3.09. The molecule has 0 aliphatic carbocycles. The molecule has 3 heterocycles. The van der Waals surface area contributed by atoms with Gasteiger partial charge in [0.05, 0.1) is 25.0 Å². The number of amides is 1. The molecule has 1 aliphatic rings. The minimum atomic E-state index is -0.452. The van der Waals surface area contributed by atoms with Crippen molar-refractivity contribution in [3.8, 4) is 17.0 Å². The Morgan fingerprint density at radius 3 is 2.57 bits per heavy atom. The fraction of sp³-hybridized carbons (Fsp3) is 0.381. The van der Waals surface area contributed by atoms with Crippen molar-refractivity contribution >= 4 is 11.6 Å². The number of carbonyl (C=O) groups is 1. The summed E-state index contributed by atoms with van der Waals surface area (Å²) in [4.78, 5) is 32.1. The molecule has 4 rings (SSSR count). The largest absolute Gasteiger partial charge is 0.497 e. The molecule has 0 radical (unpaired) electrons. The number of aromatic amines is 1. The van der Waals surface area contributed by atoms with Crippen LogP contribution in [0.2, 0.25) is 0 Å². The molecule has 0 atom stereocenters. The number of benzene rings is 1. The normalized spacial score (nSPS) is 14.2. The van der Waals surface area contributed by atoms with Crippen LogP contribution < -0.4 is 10.3 Å². The van der Waals surface area contributed by atoms with Gasteiger partial charge in [-0.25, -0.2) is 9.50 Å². The Kier molecular flexibility index (Phi) is 4.25. The first-order chi connectivity index (χ1) is 13.3. The quantitative estimate of drug-likeness (QED) is 0.741. The highest BCUT2D eigenvalue weighted by Gasteiger charge is 2.31. The molecule has 0 fully saturated rings. The highest BCUT2D eigenvalue weighted by atomic mass is 16.5. The summed E-state index contributed by atoms with van der Waals surface area (Å²) in [6.07, 6.45) is 0.517. The van der Waals surface area contributed by atoms with E-state index in [0.717, 1.165) is 17.0 Å². The molecule has 3 aromatic rings. The molecule has 1 aromatic carbocycles. The number of hydrogen-bond donors (Lipinski definition) is 1. The minimum absolute atomic E-state index is 0.0770. The topological polar surface area (TPSA) is 79.7 Å². The van der Waals surface area contributed by atoms with Crippen LogP contribution in [0.25, 0.3) is 16.9 Å². The first-order valence-corrected chi connectivity index (χ1v) is 9.35. The molecule has 0 spiro atoms. The molecule has 28 heavy (non-hydrogen) atoms. The summed E-state index contributed by atoms with van der Waals surface area (Å²) in [5.41, 5.74) is 3.12. The van der Waals surface area contributed by atoms with Gasteiger partial charge < -0.3 is 9.64 Å². The molecule has 146 valence electrons. The maximum absolute atomic E-state index is 13.0. The van der Waals surface area contributed by atoms with E-state index in [2.05, 4.69) is 10.1 Å². The third-order valence-electron chi connectivity index (χ3n) is 5.10. The van der Waals surface area contributed by atoms with E-state index >= 15 is 0 Å². The number of nitrogens with one attached hydrogen (secondary N) is 1. The Labute approximate surface area is 162 Å². The lowest BCUT2D eigenvalue weighted by Gasteiger charge is -2.32. The van der Waals surface area contributed by atoms with Gasteiger partial charge in [-0.1, -0.05) is 20.8 Å². The van der Waals surface area contributed by atoms with Crippen molar-refractivity contribution in [1.82, 2.24) is 19.5 Å². The molecule has 1 N–H and O–H groups in total. The average Bonchev–Trinajstić information content (AvgIpc) is 3.11. The Balaban J connectivity index is 1.73. The molecule has 0 unspecified atom stereocenters. The van der Waals surface area contributed by atoms with Crippen LogP contribution in [0, 0.1) is 5.41 Å². The third-order valence-corrected chi connectivity index (χ3v) is 5.10. The van der Waals surface area contributed by atoms with Gasteiger partial charge in [0.25, 0.3) is 5.56 Å². The number of hydrogen-bond acceptors (Lipinski definition) is 4. The zero-order chi connectivity index (χ0) is 20.1. The second kappa shape index (κ2) is 6.51. The van der Waals surface area contributed by atoms with Gasteiger partial charge in [-0.05, 0) is 36.2 Å². The fourth-order valence-corrected chi connectivity index (χ4v) is 3.56. The maximum atomic E-state index is 13.0. The number of aromatic nitrogens is 3. The van der Waals surface area contributed by atoms with Crippen LogP contribution in [0.15, 0.2) is 35.1 Å². The van der Waals surface area contributed by atoms with Crippen LogP contribution in [0.3, 0.4) is 0 Å². The van der Waals surface area contributed by atoms with E-state index in [4.69, 9.17) is 4.74 Å². The van der Waals surface area contributed by atoms with E-state index in [1.807, 2.05) is 51.1 Å². The van der Waals surface area contributed by atoms with E-state index in [0.29, 0.717) is 36.4 Å². The highest BCUT2D eigenvalue weighted by Crippen LogP contribution is 2.25. The van der Waals surface area contributed by atoms with Gasteiger partial charge in [-0.15, -0.1) is 0 Å². The lowest BCUT2D eigenvalue weighted by molar-refractivity contribution is -0.140. The van der Waals surface area contributed by atoms with Crippen molar-refractivity contribution < 1.29 is 9.53 Å². The van der Waals surface area contributed by atoms with Crippen LogP contribution in [-0.4, -0.2) is 39.1 Å². The molecule has 0 bridgehead atoms. The van der Waals surface area contributed by atoms with E-state index < -0.39 is 5.41 Å². The van der Waals surface area contributed by atoms with Crippen molar-refractivity contribution in [2.75, 3.05) is 13.7 Å². The molecule has 7 heteroatoms. The molecule has 1 amide bonds. The fourth-order valence-electron chi connectivity index (χ4n) is 3.56. The predicted octanol–water partition coefficient (Wildman–Crippen LogP) is 2.63. The number of fused-ring (bicyclic) bond motifs is 2. The summed E-state index contributed by atoms with van der Waals surface area (Å²) in [6.45, 7) is 6.63. The highest BCUT2D eigenvalue weighted by molar-refractivity contribution is 5.81. The number of H-pyrrole nitrogens is 1. The van der Waals surface area contributed by atoms with E-state index in [9.17, 15) is 9.59 Å². The van der Waals surface area contributed by atoms with Gasteiger partial charge in [0.2, 0.25) is 5.91 Å². The van der Waals surface area contributed by atoms with Gasteiger partial charge in [-0.3, -0.25) is 14.7 Å². The molecular formula is C21H24N4O3. The second-order valence-corrected chi connectivity index (χ2v) is 8.16. The van der Waals surface area contributed by atoms with E-state index in [1.165, 1.54) is 4.52 Å². The van der Waals surface area contributed by atoms with Crippen LogP contribution in [0.5, 0.6) is 5.75 Å². The SMILES string of the molecule is COc1ccc(-c2cc3nc4c(c(=O)n3[nH]2)CCN(C(=O)C(C)(C)C)C4)cc1. The zero-order valence-electron chi connectivity index (χ0n) is 16.6. The average molecular weight is 380 g/mol. The Morgan fingerprint density at radius 1 is 1.21 bits per heavy atom. The zero-order valence-corrected chi connectivity index (χ0v) is 16.6. The van der Waals surface area contributed by atoms with E-state index in [-0.39, 0.29) is 11.5 Å².